The number of carbonyl (C=O) groups excluding carboxylic acids is 1. The number of benzene rings is 1. The van der Waals surface area contributed by atoms with Crippen molar-refractivity contribution in [1.82, 2.24) is 0 Å². The lowest BCUT2D eigenvalue weighted by molar-refractivity contribution is -0.167. The van der Waals surface area contributed by atoms with E-state index in [1.807, 2.05) is 20.8 Å². The lowest BCUT2D eigenvalue weighted by Crippen LogP contribution is -2.30. The number of amides is 1. The van der Waals surface area contributed by atoms with E-state index in [1.54, 1.807) is 17.4 Å². The molecule has 6 heteroatoms. The van der Waals surface area contributed by atoms with E-state index in [0.29, 0.717) is 0 Å². The molecule has 0 aromatic heterocycles. The maximum Gasteiger partial charge on any atom is 0.471 e. The van der Waals surface area contributed by atoms with Gasteiger partial charge in [-0.1, -0.05) is 26.8 Å². The average Bonchev–Trinajstić information content (AvgIpc) is 2.17. The predicted octanol–water partition coefficient (Wildman–Crippen LogP) is 3.07. The van der Waals surface area contributed by atoms with E-state index in [2.05, 4.69) is 0 Å². The number of nitrogens with one attached hydrogen (secondary N) is 1. The highest BCUT2D eigenvalue weighted by Gasteiger charge is 2.38. The number of nitrogen functional groups attached to an aromatic ring is 1. The summed E-state index contributed by atoms with van der Waals surface area (Å²) in [6, 6.07) is 4.58. The van der Waals surface area contributed by atoms with Crippen LogP contribution in [0.2, 0.25) is 0 Å². The topological polar surface area (TPSA) is 55.1 Å². The van der Waals surface area contributed by atoms with Gasteiger partial charge in [0, 0.05) is 0 Å². The summed E-state index contributed by atoms with van der Waals surface area (Å²) in [7, 11) is 0. The average molecular weight is 260 g/mol. The molecule has 0 heterocycles. The third kappa shape index (κ3) is 3.38. The second kappa shape index (κ2) is 4.51. The van der Waals surface area contributed by atoms with Gasteiger partial charge < -0.3 is 11.1 Å². The standard InChI is InChI=1S/C12H15F3N2O/c1-11(2,3)7-4-5-9(8(16)6-7)17-10(18)12(13,14)15/h4-6H,16H2,1-3H3,(H,17,18). The number of rotatable bonds is 1. The molecule has 0 radical (unpaired) electrons. The van der Waals surface area contributed by atoms with Crippen LogP contribution in [0.15, 0.2) is 18.2 Å². The zero-order valence-corrected chi connectivity index (χ0v) is 10.4. The van der Waals surface area contributed by atoms with Gasteiger partial charge in [-0.2, -0.15) is 13.2 Å². The minimum absolute atomic E-state index is 0.0367. The highest BCUT2D eigenvalue weighted by atomic mass is 19.4. The van der Waals surface area contributed by atoms with Crippen LogP contribution in [0.5, 0.6) is 0 Å². The van der Waals surface area contributed by atoms with Crippen LogP contribution in [0, 0.1) is 0 Å². The van der Waals surface area contributed by atoms with Crippen LogP contribution in [0.25, 0.3) is 0 Å². The third-order valence-corrected chi connectivity index (χ3v) is 2.42. The summed E-state index contributed by atoms with van der Waals surface area (Å²) in [5.41, 5.74) is 6.42. The summed E-state index contributed by atoms with van der Waals surface area (Å²) in [5, 5.41) is 1.74. The molecule has 3 N–H and O–H groups in total. The second-order valence-corrected chi connectivity index (χ2v) is 5.00. The highest BCUT2D eigenvalue weighted by molar-refractivity contribution is 5.97. The van der Waals surface area contributed by atoms with Gasteiger partial charge in [-0.3, -0.25) is 4.79 Å². The van der Waals surface area contributed by atoms with Crippen LogP contribution in [0.4, 0.5) is 24.5 Å². The molecule has 0 spiro atoms. The first-order valence-electron chi connectivity index (χ1n) is 5.30. The molecule has 0 saturated heterocycles. The first-order valence-corrected chi connectivity index (χ1v) is 5.30. The normalized spacial score (nSPS) is 12.3. The molecule has 1 rings (SSSR count). The Morgan fingerprint density at radius 2 is 1.78 bits per heavy atom. The van der Waals surface area contributed by atoms with Crippen LogP contribution in [-0.2, 0) is 10.2 Å². The van der Waals surface area contributed by atoms with E-state index in [4.69, 9.17) is 5.73 Å². The number of alkyl halides is 3. The van der Waals surface area contributed by atoms with Gasteiger partial charge in [0.25, 0.3) is 0 Å². The Hall–Kier alpha value is -1.72. The summed E-state index contributed by atoms with van der Waals surface area (Å²) in [6.07, 6.45) is -4.92. The predicted molar refractivity (Wildman–Crippen MR) is 64.2 cm³/mol. The fraction of sp³-hybridized carbons (Fsp3) is 0.417. The molecule has 0 atom stereocenters. The van der Waals surface area contributed by atoms with Gasteiger partial charge in [0.1, 0.15) is 0 Å². The Balaban J connectivity index is 2.98. The fourth-order valence-corrected chi connectivity index (χ4v) is 1.34. The summed E-state index contributed by atoms with van der Waals surface area (Å²) < 4.78 is 36.2. The largest absolute Gasteiger partial charge is 0.471 e. The van der Waals surface area contributed by atoms with Crippen molar-refractivity contribution in [3.63, 3.8) is 0 Å². The molecule has 18 heavy (non-hydrogen) atoms. The Kier molecular flexibility index (Phi) is 3.59. The van der Waals surface area contributed by atoms with Crippen molar-refractivity contribution >= 4 is 17.3 Å². The van der Waals surface area contributed by atoms with Gasteiger partial charge >= 0.3 is 12.1 Å². The lowest BCUT2D eigenvalue weighted by Gasteiger charge is -2.20. The molecule has 0 unspecified atom stereocenters. The van der Waals surface area contributed by atoms with Crippen molar-refractivity contribution in [2.45, 2.75) is 32.4 Å². The first-order chi connectivity index (χ1) is 8.01. The van der Waals surface area contributed by atoms with Gasteiger partial charge in [-0.05, 0) is 23.1 Å². The van der Waals surface area contributed by atoms with E-state index < -0.39 is 12.1 Å². The molecule has 100 valence electrons. The Morgan fingerprint density at radius 1 is 1.22 bits per heavy atom. The van der Waals surface area contributed by atoms with Crippen molar-refractivity contribution in [1.29, 1.82) is 0 Å². The second-order valence-electron chi connectivity index (χ2n) is 5.00. The van der Waals surface area contributed by atoms with Crippen LogP contribution < -0.4 is 11.1 Å². The Labute approximate surface area is 103 Å². The zero-order chi connectivity index (χ0) is 14.1. The minimum Gasteiger partial charge on any atom is -0.397 e. The molecule has 3 nitrogen and oxygen atoms in total. The summed E-state index contributed by atoms with van der Waals surface area (Å²) in [4.78, 5) is 10.8. The van der Waals surface area contributed by atoms with Crippen molar-refractivity contribution in [3.05, 3.63) is 23.8 Å². The minimum atomic E-state index is -4.92. The van der Waals surface area contributed by atoms with E-state index >= 15 is 0 Å². The van der Waals surface area contributed by atoms with Crippen LogP contribution in [0.3, 0.4) is 0 Å². The zero-order valence-electron chi connectivity index (χ0n) is 10.4. The molecule has 0 aliphatic rings. The fourth-order valence-electron chi connectivity index (χ4n) is 1.34. The van der Waals surface area contributed by atoms with Gasteiger partial charge in [-0.25, -0.2) is 0 Å². The van der Waals surface area contributed by atoms with Gasteiger partial charge in [0.2, 0.25) is 0 Å². The van der Waals surface area contributed by atoms with Crippen molar-refractivity contribution < 1.29 is 18.0 Å². The number of anilines is 2. The van der Waals surface area contributed by atoms with Crippen molar-refractivity contribution in [2.24, 2.45) is 0 Å². The van der Waals surface area contributed by atoms with E-state index in [9.17, 15) is 18.0 Å². The maximum absolute atomic E-state index is 12.1. The Morgan fingerprint density at radius 3 is 2.17 bits per heavy atom. The molecule has 0 aliphatic carbocycles. The lowest BCUT2D eigenvalue weighted by atomic mass is 9.86. The first kappa shape index (κ1) is 14.3. The van der Waals surface area contributed by atoms with Gasteiger partial charge in [0.15, 0.2) is 0 Å². The number of nitrogens with two attached hydrogens (primary N) is 1. The van der Waals surface area contributed by atoms with Gasteiger partial charge in [-0.15, -0.1) is 0 Å². The van der Waals surface area contributed by atoms with Crippen molar-refractivity contribution in [2.75, 3.05) is 11.1 Å². The molecule has 0 aliphatic heterocycles. The molecular formula is C12H15F3N2O. The van der Waals surface area contributed by atoms with E-state index in [-0.39, 0.29) is 16.8 Å². The third-order valence-electron chi connectivity index (χ3n) is 2.42. The van der Waals surface area contributed by atoms with Gasteiger partial charge in [0.05, 0.1) is 11.4 Å². The van der Waals surface area contributed by atoms with Crippen LogP contribution in [-0.4, -0.2) is 12.1 Å². The number of halogens is 3. The molecule has 1 aromatic rings. The highest BCUT2D eigenvalue weighted by Crippen LogP contribution is 2.29. The number of carbonyl (C=O) groups is 1. The summed E-state index contributed by atoms with van der Waals surface area (Å²) >= 11 is 0. The summed E-state index contributed by atoms with van der Waals surface area (Å²) in [6.45, 7) is 5.86. The van der Waals surface area contributed by atoms with Crippen LogP contribution in [0.1, 0.15) is 26.3 Å². The molecular weight excluding hydrogens is 245 g/mol. The SMILES string of the molecule is CC(C)(C)c1ccc(NC(=O)C(F)(F)F)c(N)c1. The summed E-state index contributed by atoms with van der Waals surface area (Å²) in [5.74, 6) is -2.03. The number of hydrogen-bond acceptors (Lipinski definition) is 2. The van der Waals surface area contributed by atoms with Crippen molar-refractivity contribution in [3.8, 4) is 0 Å². The number of hydrogen-bond donors (Lipinski definition) is 2. The molecule has 1 aromatic carbocycles. The van der Waals surface area contributed by atoms with E-state index in [0.717, 1.165) is 5.56 Å². The quantitative estimate of drug-likeness (QED) is 0.762. The Bertz CT molecular complexity index is 461. The van der Waals surface area contributed by atoms with E-state index in [1.165, 1.54) is 6.07 Å². The molecule has 0 fully saturated rings. The molecule has 0 bridgehead atoms. The van der Waals surface area contributed by atoms with Crippen LogP contribution >= 0.6 is 0 Å². The monoisotopic (exact) mass is 260 g/mol. The smallest absolute Gasteiger partial charge is 0.397 e. The molecule has 0 saturated carbocycles. The molecule has 1 amide bonds. The maximum atomic E-state index is 12.1.